The van der Waals surface area contributed by atoms with Gasteiger partial charge in [0.1, 0.15) is 0 Å². The number of ether oxygens (including phenoxy) is 1. The van der Waals surface area contributed by atoms with E-state index in [9.17, 15) is 35.9 Å². The Kier molecular flexibility index (Phi) is 8.94. The first-order valence-corrected chi connectivity index (χ1v) is 14.3. The SMILES string of the molecule is Cc1ccc(C2CN(C(=O)c3cccc(C(F)(F)F)c3C(F)(F)F)CCC2N2CCN(C(=O)N3CCOCC3)CC2)cc1. The van der Waals surface area contributed by atoms with Gasteiger partial charge in [-0.15, -0.1) is 0 Å². The predicted octanol–water partition coefficient (Wildman–Crippen LogP) is 5.10. The molecule has 3 fully saturated rings. The van der Waals surface area contributed by atoms with Crippen molar-refractivity contribution < 1.29 is 40.7 Å². The lowest BCUT2D eigenvalue weighted by molar-refractivity contribution is -0.162. The van der Waals surface area contributed by atoms with Gasteiger partial charge in [-0.1, -0.05) is 35.9 Å². The Balaban J connectivity index is 1.37. The van der Waals surface area contributed by atoms with Crippen LogP contribution in [0.15, 0.2) is 42.5 Å². The van der Waals surface area contributed by atoms with E-state index in [1.54, 1.807) is 4.90 Å². The van der Waals surface area contributed by atoms with Gasteiger partial charge in [-0.3, -0.25) is 9.69 Å². The molecule has 0 spiro atoms. The molecule has 3 amide bonds. The Hall–Kier alpha value is -3.32. The molecule has 0 aliphatic carbocycles. The maximum Gasteiger partial charge on any atom is 0.417 e. The minimum atomic E-state index is -5.37. The Bertz CT molecular complexity index is 1300. The number of rotatable bonds is 3. The first kappa shape index (κ1) is 31.1. The highest BCUT2D eigenvalue weighted by Gasteiger charge is 2.47. The number of piperidine rings is 1. The van der Waals surface area contributed by atoms with E-state index < -0.39 is 35.0 Å². The summed E-state index contributed by atoms with van der Waals surface area (Å²) in [5, 5.41) is 0. The van der Waals surface area contributed by atoms with E-state index in [0.717, 1.165) is 23.3 Å². The van der Waals surface area contributed by atoms with Crippen molar-refractivity contribution in [1.82, 2.24) is 19.6 Å². The maximum absolute atomic E-state index is 13.9. The number of hydrogen-bond acceptors (Lipinski definition) is 4. The fraction of sp³-hybridized carbons (Fsp3) is 0.533. The van der Waals surface area contributed by atoms with Gasteiger partial charge < -0.3 is 19.4 Å². The number of benzene rings is 2. The monoisotopic (exact) mass is 612 g/mol. The summed E-state index contributed by atoms with van der Waals surface area (Å²) < 4.78 is 87.8. The third-order valence-corrected chi connectivity index (χ3v) is 8.59. The molecule has 2 aromatic rings. The first-order valence-electron chi connectivity index (χ1n) is 14.3. The number of aryl methyl sites for hydroxylation is 1. The standard InChI is InChI=1S/C30H34F6N4O3/c1-20-5-7-21(8-6-20)23-19-40(27(41)22-3-2-4-24(29(31,32)33)26(22)30(34,35)36)10-9-25(23)37-11-13-38(14-12-37)28(42)39-15-17-43-18-16-39/h2-8,23,25H,9-19H2,1H3. The van der Waals surface area contributed by atoms with Gasteiger partial charge in [-0.25, -0.2) is 4.79 Å². The van der Waals surface area contributed by atoms with Crippen molar-refractivity contribution in [1.29, 1.82) is 0 Å². The third kappa shape index (κ3) is 6.77. The zero-order valence-corrected chi connectivity index (χ0v) is 23.8. The summed E-state index contributed by atoms with van der Waals surface area (Å²) in [5.74, 6) is -1.37. The molecule has 0 saturated carbocycles. The average Bonchev–Trinajstić information content (AvgIpc) is 3.00. The number of morpholine rings is 1. The molecule has 3 saturated heterocycles. The lowest BCUT2D eigenvalue weighted by Crippen LogP contribution is -2.59. The number of urea groups is 1. The fourth-order valence-electron chi connectivity index (χ4n) is 6.34. The molecule has 43 heavy (non-hydrogen) atoms. The molecule has 13 heteroatoms. The lowest BCUT2D eigenvalue weighted by atomic mass is 9.83. The van der Waals surface area contributed by atoms with Crippen LogP contribution in [-0.2, 0) is 17.1 Å². The van der Waals surface area contributed by atoms with Crippen molar-refractivity contribution in [3.63, 3.8) is 0 Å². The smallest absolute Gasteiger partial charge is 0.378 e. The van der Waals surface area contributed by atoms with Crippen molar-refractivity contribution in [2.45, 2.75) is 37.7 Å². The maximum atomic E-state index is 13.9. The van der Waals surface area contributed by atoms with Gasteiger partial charge in [0, 0.05) is 64.3 Å². The second kappa shape index (κ2) is 12.4. The Morgan fingerprint density at radius 1 is 0.767 bits per heavy atom. The number of piperazine rings is 1. The molecular formula is C30H34F6N4O3. The number of halogens is 6. The van der Waals surface area contributed by atoms with Crippen molar-refractivity contribution in [3.8, 4) is 0 Å². The zero-order valence-electron chi connectivity index (χ0n) is 23.8. The Labute approximate surface area is 246 Å². The lowest BCUT2D eigenvalue weighted by Gasteiger charge is -2.47. The van der Waals surface area contributed by atoms with Crippen molar-refractivity contribution in [2.24, 2.45) is 0 Å². The topological polar surface area (TPSA) is 56.3 Å². The summed E-state index contributed by atoms with van der Waals surface area (Å²) in [6.45, 7) is 6.36. The van der Waals surface area contributed by atoms with E-state index in [2.05, 4.69) is 4.90 Å². The summed E-state index contributed by atoms with van der Waals surface area (Å²) in [5.41, 5.74) is -2.93. The molecule has 0 bridgehead atoms. The van der Waals surface area contributed by atoms with Crippen LogP contribution in [0.4, 0.5) is 31.1 Å². The van der Waals surface area contributed by atoms with Gasteiger partial charge in [-0.2, -0.15) is 26.3 Å². The number of hydrogen-bond donors (Lipinski definition) is 0. The highest BCUT2D eigenvalue weighted by molar-refractivity contribution is 5.96. The molecular weight excluding hydrogens is 578 g/mol. The number of carbonyl (C=O) groups is 2. The Morgan fingerprint density at radius 2 is 1.40 bits per heavy atom. The molecule has 234 valence electrons. The quantitative estimate of drug-likeness (QED) is 0.453. The van der Waals surface area contributed by atoms with Crippen LogP contribution in [-0.4, -0.2) is 103 Å². The predicted molar refractivity (Wildman–Crippen MR) is 146 cm³/mol. The highest BCUT2D eigenvalue weighted by atomic mass is 19.4. The van der Waals surface area contributed by atoms with Crippen LogP contribution >= 0.6 is 0 Å². The van der Waals surface area contributed by atoms with Crippen molar-refractivity contribution in [2.75, 3.05) is 65.6 Å². The molecule has 3 aliphatic heterocycles. The van der Waals surface area contributed by atoms with Crippen molar-refractivity contribution >= 4 is 11.9 Å². The number of alkyl halides is 6. The number of likely N-dealkylation sites (tertiary alicyclic amines) is 1. The van der Waals surface area contributed by atoms with E-state index >= 15 is 0 Å². The summed E-state index contributed by atoms with van der Waals surface area (Å²) in [7, 11) is 0. The van der Waals surface area contributed by atoms with Crippen LogP contribution in [0.1, 0.15) is 45.0 Å². The van der Waals surface area contributed by atoms with Crippen LogP contribution < -0.4 is 0 Å². The van der Waals surface area contributed by atoms with Gasteiger partial charge in [-0.05, 0) is 31.0 Å². The van der Waals surface area contributed by atoms with Crippen LogP contribution in [0.5, 0.6) is 0 Å². The normalized spacial score (nSPS) is 22.5. The average molecular weight is 613 g/mol. The Morgan fingerprint density at radius 3 is 2.00 bits per heavy atom. The van der Waals surface area contributed by atoms with E-state index in [4.69, 9.17) is 4.74 Å². The van der Waals surface area contributed by atoms with E-state index in [1.807, 2.05) is 36.1 Å². The molecule has 0 radical (unpaired) electrons. The number of nitrogens with zero attached hydrogens (tertiary/aromatic N) is 4. The highest BCUT2D eigenvalue weighted by Crippen LogP contribution is 2.43. The van der Waals surface area contributed by atoms with Crippen LogP contribution in [0, 0.1) is 6.92 Å². The molecule has 2 aromatic carbocycles. The molecule has 3 heterocycles. The molecule has 0 N–H and O–H groups in total. The zero-order chi connectivity index (χ0) is 30.9. The van der Waals surface area contributed by atoms with Gasteiger partial charge in [0.2, 0.25) is 0 Å². The number of amides is 3. The second-order valence-electron chi connectivity index (χ2n) is 11.3. The van der Waals surface area contributed by atoms with Crippen LogP contribution in [0.25, 0.3) is 0 Å². The van der Waals surface area contributed by atoms with Crippen molar-refractivity contribution in [3.05, 3.63) is 70.3 Å². The molecule has 3 aliphatic rings. The minimum Gasteiger partial charge on any atom is -0.378 e. The van der Waals surface area contributed by atoms with Crippen LogP contribution in [0.3, 0.4) is 0 Å². The molecule has 2 unspecified atom stereocenters. The first-order chi connectivity index (χ1) is 20.3. The largest absolute Gasteiger partial charge is 0.417 e. The van der Waals surface area contributed by atoms with Crippen LogP contribution in [0.2, 0.25) is 0 Å². The number of carbonyl (C=O) groups excluding carboxylic acids is 2. The van der Waals surface area contributed by atoms with E-state index in [0.29, 0.717) is 65.0 Å². The van der Waals surface area contributed by atoms with Gasteiger partial charge in [0.05, 0.1) is 29.9 Å². The van der Waals surface area contributed by atoms with E-state index in [-0.39, 0.29) is 31.1 Å². The summed E-state index contributed by atoms with van der Waals surface area (Å²) in [6.07, 6.45) is -10.2. The minimum absolute atomic E-state index is 0.0278. The third-order valence-electron chi connectivity index (χ3n) is 8.59. The second-order valence-corrected chi connectivity index (χ2v) is 11.3. The molecule has 7 nitrogen and oxygen atoms in total. The summed E-state index contributed by atoms with van der Waals surface area (Å²) in [4.78, 5) is 33.6. The van der Waals surface area contributed by atoms with Gasteiger partial charge >= 0.3 is 18.4 Å². The summed E-state index contributed by atoms with van der Waals surface area (Å²) in [6, 6.07) is 9.59. The molecule has 2 atom stereocenters. The fourth-order valence-corrected chi connectivity index (χ4v) is 6.34. The van der Waals surface area contributed by atoms with Gasteiger partial charge in [0.25, 0.3) is 5.91 Å². The molecule has 5 rings (SSSR count). The van der Waals surface area contributed by atoms with E-state index in [1.165, 1.54) is 4.90 Å². The molecule has 0 aromatic heterocycles. The summed E-state index contributed by atoms with van der Waals surface area (Å²) >= 11 is 0. The van der Waals surface area contributed by atoms with Gasteiger partial charge in [0.15, 0.2) is 0 Å².